The number of thiazole rings is 1. The zero-order chi connectivity index (χ0) is 12.5. The van der Waals surface area contributed by atoms with Gasteiger partial charge in [0.2, 0.25) is 0 Å². The van der Waals surface area contributed by atoms with Crippen LogP contribution in [0.15, 0.2) is 21.2 Å². The second-order valence-corrected chi connectivity index (χ2v) is 5.61. The predicted molar refractivity (Wildman–Crippen MR) is 69.8 cm³/mol. The van der Waals surface area contributed by atoms with Gasteiger partial charge in [0.05, 0.1) is 23.8 Å². The highest BCUT2D eigenvalue weighted by molar-refractivity contribution is 9.10. The predicted octanol–water partition coefficient (Wildman–Crippen LogP) is 2.82. The summed E-state index contributed by atoms with van der Waals surface area (Å²) in [7, 11) is 0. The number of amides is 1. The van der Waals surface area contributed by atoms with Crippen molar-refractivity contribution in [1.29, 1.82) is 0 Å². The molecule has 1 aliphatic rings. The van der Waals surface area contributed by atoms with Crippen molar-refractivity contribution in [1.82, 2.24) is 4.98 Å². The van der Waals surface area contributed by atoms with Crippen molar-refractivity contribution in [2.75, 3.05) is 11.9 Å². The lowest BCUT2D eigenvalue weighted by Gasteiger charge is -2.08. The van der Waals surface area contributed by atoms with E-state index in [1.54, 1.807) is 12.1 Å². The molecule has 18 heavy (non-hydrogen) atoms. The Balaban J connectivity index is 1.76. The zero-order valence-electron chi connectivity index (χ0n) is 9.23. The number of furan rings is 1. The molecule has 0 radical (unpaired) electrons. The first kappa shape index (κ1) is 11.9. The van der Waals surface area contributed by atoms with Crippen molar-refractivity contribution in [3.63, 3.8) is 0 Å². The minimum Gasteiger partial charge on any atom is -0.444 e. The van der Waals surface area contributed by atoms with E-state index in [0.717, 1.165) is 17.0 Å². The molecule has 0 bridgehead atoms. The fraction of sp³-hybridized carbons (Fsp3) is 0.273. The van der Waals surface area contributed by atoms with E-state index in [-0.39, 0.29) is 11.7 Å². The third-order valence-electron chi connectivity index (χ3n) is 2.51. The number of hydrogen-bond donors (Lipinski definition) is 1. The van der Waals surface area contributed by atoms with E-state index < -0.39 is 0 Å². The van der Waals surface area contributed by atoms with Crippen molar-refractivity contribution in [3.8, 4) is 0 Å². The Hall–Kier alpha value is -1.18. The molecule has 3 rings (SSSR count). The summed E-state index contributed by atoms with van der Waals surface area (Å²) in [5, 5.41) is 3.31. The summed E-state index contributed by atoms with van der Waals surface area (Å²) >= 11 is 4.60. The number of carbonyl (C=O) groups excluding carboxylic acids is 1. The normalized spacial score (nSPS) is 14.3. The number of halogens is 1. The number of nitrogens with zero attached hydrogens (tertiary/aromatic N) is 1. The molecule has 2 aromatic heterocycles. The topological polar surface area (TPSA) is 64.4 Å². The van der Waals surface area contributed by atoms with Crippen LogP contribution in [-0.4, -0.2) is 17.5 Å². The van der Waals surface area contributed by atoms with Gasteiger partial charge >= 0.3 is 0 Å². The molecule has 0 fully saturated rings. The molecule has 7 heteroatoms. The van der Waals surface area contributed by atoms with E-state index in [0.29, 0.717) is 23.0 Å². The van der Waals surface area contributed by atoms with E-state index in [1.165, 1.54) is 11.3 Å². The van der Waals surface area contributed by atoms with Gasteiger partial charge in [-0.25, -0.2) is 4.98 Å². The summed E-state index contributed by atoms with van der Waals surface area (Å²) in [5.41, 5.74) is 1.02. The molecule has 3 heterocycles. The molecule has 1 amide bonds. The fourth-order valence-electron chi connectivity index (χ4n) is 1.67. The second kappa shape index (κ2) is 4.83. The van der Waals surface area contributed by atoms with Crippen LogP contribution < -0.4 is 5.32 Å². The maximum Gasteiger partial charge on any atom is 0.293 e. The van der Waals surface area contributed by atoms with Gasteiger partial charge in [-0.15, -0.1) is 0 Å². The highest BCUT2D eigenvalue weighted by Gasteiger charge is 2.18. The number of aromatic nitrogens is 1. The van der Waals surface area contributed by atoms with Gasteiger partial charge in [-0.1, -0.05) is 11.3 Å². The Morgan fingerprint density at radius 3 is 3.11 bits per heavy atom. The lowest BCUT2D eigenvalue weighted by atomic mass is 10.2. The van der Waals surface area contributed by atoms with E-state index >= 15 is 0 Å². The molecular formula is C11H9BrN2O3S. The molecule has 1 aliphatic heterocycles. The summed E-state index contributed by atoms with van der Waals surface area (Å²) in [4.78, 5) is 17.3. The van der Waals surface area contributed by atoms with Crippen LogP contribution in [0.1, 0.15) is 21.1 Å². The van der Waals surface area contributed by atoms with Gasteiger partial charge in [0.15, 0.2) is 15.6 Å². The van der Waals surface area contributed by atoms with Crippen LogP contribution in [0.3, 0.4) is 0 Å². The van der Waals surface area contributed by atoms with E-state index in [2.05, 4.69) is 26.2 Å². The molecule has 0 spiro atoms. The summed E-state index contributed by atoms with van der Waals surface area (Å²) in [6.45, 7) is 1.27. The number of rotatable bonds is 2. The van der Waals surface area contributed by atoms with Gasteiger partial charge in [0.1, 0.15) is 0 Å². The Kier molecular flexibility index (Phi) is 3.19. The van der Waals surface area contributed by atoms with Gasteiger partial charge in [-0.05, 0) is 28.1 Å². The lowest BCUT2D eigenvalue weighted by Crippen LogP contribution is -2.11. The summed E-state index contributed by atoms with van der Waals surface area (Å²) < 4.78 is 11.0. The number of fused-ring (bicyclic) bond motifs is 1. The third-order valence-corrected chi connectivity index (χ3v) is 3.92. The minimum atomic E-state index is -0.298. The molecule has 0 aliphatic carbocycles. The number of ether oxygens (including phenoxy) is 1. The Bertz CT molecular complexity index is 569. The Labute approximate surface area is 115 Å². The smallest absolute Gasteiger partial charge is 0.293 e. The van der Waals surface area contributed by atoms with E-state index in [1.807, 2.05) is 0 Å². The highest BCUT2D eigenvalue weighted by Crippen LogP contribution is 2.27. The lowest BCUT2D eigenvalue weighted by molar-refractivity contribution is 0.0995. The molecule has 94 valence electrons. The van der Waals surface area contributed by atoms with Gasteiger partial charge < -0.3 is 9.15 Å². The van der Waals surface area contributed by atoms with Crippen LogP contribution in [0, 0.1) is 0 Å². The van der Waals surface area contributed by atoms with E-state index in [4.69, 9.17) is 9.15 Å². The molecular weight excluding hydrogens is 320 g/mol. The highest BCUT2D eigenvalue weighted by atomic mass is 79.9. The Morgan fingerprint density at radius 1 is 1.50 bits per heavy atom. The van der Waals surface area contributed by atoms with Gasteiger partial charge in [0.25, 0.3) is 5.91 Å². The van der Waals surface area contributed by atoms with Crippen LogP contribution in [0.25, 0.3) is 0 Å². The third kappa shape index (κ3) is 2.33. The first-order valence-corrected chi connectivity index (χ1v) is 6.96. The van der Waals surface area contributed by atoms with Crippen LogP contribution in [0.4, 0.5) is 5.13 Å². The van der Waals surface area contributed by atoms with Gasteiger partial charge in [0, 0.05) is 6.42 Å². The summed E-state index contributed by atoms with van der Waals surface area (Å²) in [5.74, 6) is -0.0426. The van der Waals surface area contributed by atoms with Crippen molar-refractivity contribution in [2.24, 2.45) is 0 Å². The quantitative estimate of drug-likeness (QED) is 0.920. The number of hydrogen-bond acceptors (Lipinski definition) is 5. The van der Waals surface area contributed by atoms with Crippen LogP contribution in [-0.2, 0) is 17.8 Å². The monoisotopic (exact) mass is 328 g/mol. The number of anilines is 1. The number of carbonyl (C=O) groups is 1. The maximum atomic E-state index is 11.8. The zero-order valence-corrected chi connectivity index (χ0v) is 11.6. The van der Waals surface area contributed by atoms with Crippen LogP contribution in [0.5, 0.6) is 0 Å². The SMILES string of the molecule is O=C(Nc1nc2c(s1)COCC2)c1ccc(Br)o1. The van der Waals surface area contributed by atoms with Gasteiger partial charge in [-0.3, -0.25) is 10.1 Å². The molecule has 0 unspecified atom stereocenters. The second-order valence-electron chi connectivity index (χ2n) is 3.75. The molecule has 0 saturated heterocycles. The fourth-order valence-corrected chi connectivity index (χ4v) is 2.92. The van der Waals surface area contributed by atoms with Crippen molar-refractivity contribution in [2.45, 2.75) is 13.0 Å². The van der Waals surface area contributed by atoms with Crippen LogP contribution >= 0.6 is 27.3 Å². The first-order valence-electron chi connectivity index (χ1n) is 5.35. The molecule has 5 nitrogen and oxygen atoms in total. The largest absolute Gasteiger partial charge is 0.444 e. The number of nitrogens with one attached hydrogen (secondary N) is 1. The van der Waals surface area contributed by atoms with E-state index in [9.17, 15) is 4.79 Å². The first-order chi connectivity index (χ1) is 8.72. The van der Waals surface area contributed by atoms with Gasteiger partial charge in [-0.2, -0.15) is 0 Å². The Morgan fingerprint density at radius 2 is 2.39 bits per heavy atom. The van der Waals surface area contributed by atoms with Crippen LogP contribution in [0.2, 0.25) is 0 Å². The van der Waals surface area contributed by atoms with Crippen molar-refractivity contribution >= 4 is 38.3 Å². The van der Waals surface area contributed by atoms with Crippen molar-refractivity contribution in [3.05, 3.63) is 33.1 Å². The molecule has 0 atom stereocenters. The average molecular weight is 329 g/mol. The molecule has 0 saturated carbocycles. The van der Waals surface area contributed by atoms with Crippen molar-refractivity contribution < 1.29 is 13.9 Å². The summed E-state index contributed by atoms with van der Waals surface area (Å²) in [6, 6.07) is 3.28. The minimum absolute atomic E-state index is 0.256. The molecule has 1 N–H and O–H groups in total. The molecule has 0 aromatic carbocycles. The average Bonchev–Trinajstić information content (AvgIpc) is 2.94. The standard InChI is InChI=1S/C11H9BrN2O3S/c12-9-2-1-7(17-9)10(15)14-11-13-6-3-4-16-5-8(6)18-11/h1-2H,3-5H2,(H,13,14,15). The summed E-state index contributed by atoms with van der Waals surface area (Å²) in [6.07, 6.45) is 0.800. The maximum absolute atomic E-state index is 11.8. The molecule has 2 aromatic rings.